The minimum atomic E-state index is -0.356. The van der Waals surface area contributed by atoms with E-state index in [0.29, 0.717) is 23.3 Å². The molecule has 5 nitrogen and oxygen atoms in total. The quantitative estimate of drug-likeness (QED) is 0.805. The molecule has 0 radical (unpaired) electrons. The van der Waals surface area contributed by atoms with Gasteiger partial charge in [-0.05, 0) is 29.8 Å². The van der Waals surface area contributed by atoms with Crippen molar-refractivity contribution in [3.05, 3.63) is 54.1 Å². The van der Waals surface area contributed by atoms with Crippen LogP contribution in [0.3, 0.4) is 0 Å². The van der Waals surface area contributed by atoms with E-state index in [4.69, 9.17) is 9.47 Å². The van der Waals surface area contributed by atoms with Gasteiger partial charge in [-0.3, -0.25) is 0 Å². The van der Waals surface area contributed by atoms with E-state index in [1.54, 1.807) is 12.1 Å². The van der Waals surface area contributed by atoms with Crippen molar-refractivity contribution < 1.29 is 13.9 Å². The van der Waals surface area contributed by atoms with Gasteiger partial charge in [-0.25, -0.2) is 14.4 Å². The molecule has 2 aromatic carbocycles. The molecule has 1 aliphatic rings. The SMILES string of the molecule is Fc1cccc2c(NCc3ccc4c(c3)OCO4)ncnc12. The maximum atomic E-state index is 13.7. The van der Waals surface area contributed by atoms with Crippen molar-refractivity contribution >= 4 is 16.7 Å². The lowest BCUT2D eigenvalue weighted by molar-refractivity contribution is 0.174. The second-order valence-electron chi connectivity index (χ2n) is 4.90. The molecular weight excluding hydrogens is 285 g/mol. The summed E-state index contributed by atoms with van der Waals surface area (Å²) < 4.78 is 24.4. The number of nitrogens with one attached hydrogen (secondary N) is 1. The zero-order valence-corrected chi connectivity index (χ0v) is 11.5. The molecule has 110 valence electrons. The second kappa shape index (κ2) is 5.14. The molecule has 0 amide bonds. The van der Waals surface area contributed by atoms with Crippen LogP contribution in [0.5, 0.6) is 11.5 Å². The van der Waals surface area contributed by atoms with Crippen molar-refractivity contribution in [1.29, 1.82) is 0 Å². The van der Waals surface area contributed by atoms with Gasteiger partial charge in [0.15, 0.2) is 11.5 Å². The maximum Gasteiger partial charge on any atom is 0.231 e. The summed E-state index contributed by atoms with van der Waals surface area (Å²) >= 11 is 0. The first-order valence-corrected chi connectivity index (χ1v) is 6.83. The van der Waals surface area contributed by atoms with Gasteiger partial charge in [0.2, 0.25) is 6.79 Å². The summed E-state index contributed by atoms with van der Waals surface area (Å²) in [5, 5.41) is 3.86. The lowest BCUT2D eigenvalue weighted by atomic mass is 10.2. The van der Waals surface area contributed by atoms with Gasteiger partial charge in [-0.2, -0.15) is 0 Å². The number of benzene rings is 2. The normalized spacial score (nSPS) is 12.6. The van der Waals surface area contributed by atoms with E-state index in [1.165, 1.54) is 12.4 Å². The van der Waals surface area contributed by atoms with Crippen LogP contribution >= 0.6 is 0 Å². The number of para-hydroxylation sites is 1. The van der Waals surface area contributed by atoms with Crippen LogP contribution in [-0.4, -0.2) is 16.8 Å². The van der Waals surface area contributed by atoms with E-state index in [9.17, 15) is 4.39 Å². The second-order valence-corrected chi connectivity index (χ2v) is 4.90. The summed E-state index contributed by atoms with van der Waals surface area (Å²) in [5.74, 6) is 1.73. The van der Waals surface area contributed by atoms with Gasteiger partial charge < -0.3 is 14.8 Å². The number of nitrogens with zero attached hydrogens (tertiary/aromatic N) is 2. The fraction of sp³-hybridized carbons (Fsp3) is 0.125. The zero-order valence-electron chi connectivity index (χ0n) is 11.5. The molecule has 0 saturated carbocycles. The minimum Gasteiger partial charge on any atom is -0.454 e. The van der Waals surface area contributed by atoms with Gasteiger partial charge in [0.05, 0.1) is 0 Å². The highest BCUT2D eigenvalue weighted by Crippen LogP contribution is 2.32. The average molecular weight is 297 g/mol. The maximum absolute atomic E-state index is 13.7. The molecule has 0 bridgehead atoms. The number of halogens is 1. The predicted octanol–water partition coefficient (Wildman–Crippen LogP) is 3.11. The summed E-state index contributed by atoms with van der Waals surface area (Å²) in [6.45, 7) is 0.793. The Labute approximate surface area is 125 Å². The lowest BCUT2D eigenvalue weighted by Gasteiger charge is -2.09. The minimum absolute atomic E-state index is 0.252. The topological polar surface area (TPSA) is 56.3 Å². The molecule has 6 heteroatoms. The van der Waals surface area contributed by atoms with Crippen LogP contribution in [0.2, 0.25) is 0 Å². The van der Waals surface area contributed by atoms with Crippen LogP contribution in [-0.2, 0) is 6.54 Å². The average Bonchev–Trinajstić information content (AvgIpc) is 3.01. The molecule has 0 atom stereocenters. The molecule has 0 spiro atoms. The summed E-state index contributed by atoms with van der Waals surface area (Å²) in [5.41, 5.74) is 1.33. The highest BCUT2D eigenvalue weighted by molar-refractivity contribution is 5.89. The summed E-state index contributed by atoms with van der Waals surface area (Å²) in [6.07, 6.45) is 1.35. The summed E-state index contributed by atoms with van der Waals surface area (Å²) in [6, 6.07) is 10.6. The molecule has 1 aliphatic heterocycles. The fourth-order valence-corrected chi connectivity index (χ4v) is 2.43. The fourth-order valence-electron chi connectivity index (χ4n) is 2.43. The van der Waals surface area contributed by atoms with Gasteiger partial charge in [0, 0.05) is 11.9 Å². The van der Waals surface area contributed by atoms with E-state index in [1.807, 2.05) is 18.2 Å². The van der Waals surface area contributed by atoms with Crippen molar-refractivity contribution in [2.45, 2.75) is 6.54 Å². The van der Waals surface area contributed by atoms with Gasteiger partial charge >= 0.3 is 0 Å². The van der Waals surface area contributed by atoms with E-state index in [0.717, 1.165) is 17.1 Å². The lowest BCUT2D eigenvalue weighted by Crippen LogP contribution is -2.03. The smallest absolute Gasteiger partial charge is 0.231 e. The van der Waals surface area contributed by atoms with Gasteiger partial charge in [0.1, 0.15) is 23.5 Å². The largest absolute Gasteiger partial charge is 0.454 e. The van der Waals surface area contributed by atoms with Gasteiger partial charge in [-0.1, -0.05) is 12.1 Å². The molecule has 2 heterocycles. The van der Waals surface area contributed by atoms with Crippen LogP contribution in [0.15, 0.2) is 42.7 Å². The monoisotopic (exact) mass is 297 g/mol. The Bertz CT molecular complexity index is 854. The number of rotatable bonds is 3. The van der Waals surface area contributed by atoms with Crippen LogP contribution in [0.25, 0.3) is 10.9 Å². The Balaban J connectivity index is 1.61. The third-order valence-corrected chi connectivity index (χ3v) is 3.51. The Morgan fingerprint density at radius 1 is 1.09 bits per heavy atom. The Morgan fingerprint density at radius 3 is 2.95 bits per heavy atom. The first-order valence-electron chi connectivity index (χ1n) is 6.83. The molecule has 1 N–H and O–H groups in total. The predicted molar refractivity (Wildman–Crippen MR) is 79.4 cm³/mol. The molecule has 22 heavy (non-hydrogen) atoms. The molecule has 0 aliphatic carbocycles. The van der Waals surface area contributed by atoms with Gasteiger partial charge in [0.25, 0.3) is 0 Å². The highest BCUT2D eigenvalue weighted by atomic mass is 19.1. The van der Waals surface area contributed by atoms with Crippen molar-refractivity contribution in [2.24, 2.45) is 0 Å². The number of anilines is 1. The number of ether oxygens (including phenoxy) is 2. The number of fused-ring (bicyclic) bond motifs is 2. The summed E-state index contributed by atoms with van der Waals surface area (Å²) in [7, 11) is 0. The van der Waals surface area contributed by atoms with E-state index in [-0.39, 0.29) is 12.6 Å². The Hall–Kier alpha value is -2.89. The van der Waals surface area contributed by atoms with Crippen molar-refractivity contribution in [2.75, 3.05) is 12.1 Å². The molecule has 0 saturated heterocycles. The summed E-state index contributed by atoms with van der Waals surface area (Å²) in [4.78, 5) is 8.17. The number of hydrogen-bond donors (Lipinski definition) is 1. The van der Waals surface area contributed by atoms with Gasteiger partial charge in [-0.15, -0.1) is 0 Å². The third-order valence-electron chi connectivity index (χ3n) is 3.51. The van der Waals surface area contributed by atoms with E-state index < -0.39 is 0 Å². The van der Waals surface area contributed by atoms with Crippen LogP contribution in [0.1, 0.15) is 5.56 Å². The zero-order chi connectivity index (χ0) is 14.9. The molecule has 0 fully saturated rings. The Morgan fingerprint density at radius 2 is 2.00 bits per heavy atom. The van der Waals surface area contributed by atoms with Crippen molar-refractivity contribution in [3.8, 4) is 11.5 Å². The first-order chi connectivity index (χ1) is 10.8. The number of aromatic nitrogens is 2. The third kappa shape index (κ3) is 2.18. The van der Waals surface area contributed by atoms with Crippen molar-refractivity contribution in [1.82, 2.24) is 9.97 Å². The molecular formula is C16H12FN3O2. The molecule has 0 unspecified atom stereocenters. The molecule has 3 aromatic rings. The molecule has 1 aromatic heterocycles. The standard InChI is InChI=1S/C16H12FN3O2/c17-12-3-1-2-11-15(12)19-8-20-16(11)18-7-10-4-5-13-14(6-10)22-9-21-13/h1-6,8H,7,9H2,(H,18,19,20). The molecule has 4 rings (SSSR count). The van der Waals surface area contributed by atoms with Crippen LogP contribution < -0.4 is 14.8 Å². The highest BCUT2D eigenvalue weighted by Gasteiger charge is 2.13. The van der Waals surface area contributed by atoms with Crippen LogP contribution in [0.4, 0.5) is 10.2 Å². The van der Waals surface area contributed by atoms with E-state index >= 15 is 0 Å². The van der Waals surface area contributed by atoms with Crippen molar-refractivity contribution in [3.63, 3.8) is 0 Å². The number of hydrogen-bond acceptors (Lipinski definition) is 5. The van der Waals surface area contributed by atoms with Crippen LogP contribution in [0, 0.1) is 5.82 Å². The van der Waals surface area contributed by atoms with E-state index in [2.05, 4.69) is 15.3 Å². The Kier molecular flexibility index (Phi) is 3.00. The first kappa shape index (κ1) is 12.8.